The van der Waals surface area contributed by atoms with Gasteiger partial charge in [0, 0.05) is 18.8 Å². The zero-order valence-corrected chi connectivity index (χ0v) is 16.8. The fraction of sp³-hybridized carbons (Fsp3) is 0.368. The van der Waals surface area contributed by atoms with E-state index >= 15 is 0 Å². The van der Waals surface area contributed by atoms with Gasteiger partial charge >= 0.3 is 0 Å². The Balaban J connectivity index is 1.82. The fourth-order valence-corrected chi connectivity index (χ4v) is 3.81. The molecule has 1 saturated heterocycles. The molecule has 10 heteroatoms. The largest absolute Gasteiger partial charge is 0.395 e. The number of nitrogens with one attached hydrogen (secondary N) is 1. The third kappa shape index (κ3) is 4.90. The quantitative estimate of drug-likeness (QED) is 0.615. The van der Waals surface area contributed by atoms with Gasteiger partial charge in [-0.3, -0.25) is 19.3 Å². The van der Waals surface area contributed by atoms with Crippen LogP contribution in [-0.4, -0.2) is 47.9 Å². The number of nitrogens with zero attached hydrogens (tertiary/aromatic N) is 2. The summed E-state index contributed by atoms with van der Waals surface area (Å²) in [6, 6.07) is 7.19. The maximum absolute atomic E-state index is 13.2. The van der Waals surface area contributed by atoms with Gasteiger partial charge in [0.1, 0.15) is 11.4 Å². The molecule has 0 radical (unpaired) electrons. The van der Waals surface area contributed by atoms with Gasteiger partial charge in [-0.25, -0.2) is 0 Å². The first kappa shape index (κ1) is 20.7. The van der Waals surface area contributed by atoms with Gasteiger partial charge in [-0.1, -0.05) is 12.1 Å². The highest BCUT2D eigenvalue weighted by Gasteiger charge is 2.27. The molecule has 0 spiro atoms. The van der Waals surface area contributed by atoms with Crippen LogP contribution in [0.25, 0.3) is 0 Å². The molecular weight excluding hydrogens is 394 g/mol. The van der Waals surface area contributed by atoms with Crippen LogP contribution in [-0.2, 0) is 9.53 Å². The number of nitrogen functional groups attached to an aromatic ring is 1. The second-order valence-corrected chi connectivity index (χ2v) is 7.58. The molecule has 2 heterocycles. The van der Waals surface area contributed by atoms with Crippen molar-refractivity contribution in [1.82, 2.24) is 9.69 Å². The molecule has 0 bridgehead atoms. The second kappa shape index (κ2) is 9.01. The topological polar surface area (TPSA) is 141 Å². The molecule has 1 unspecified atom stereocenters. The molecule has 1 aliphatic heterocycles. The fourth-order valence-electron chi connectivity index (χ4n) is 3.06. The lowest BCUT2D eigenvalue weighted by Crippen LogP contribution is -2.43. The van der Waals surface area contributed by atoms with Crippen molar-refractivity contribution < 1.29 is 19.1 Å². The van der Waals surface area contributed by atoms with E-state index in [1.807, 2.05) is 13.0 Å². The van der Waals surface area contributed by atoms with E-state index in [0.29, 0.717) is 18.8 Å². The number of nitrogens with two attached hydrogens (primary N) is 2. The third-order valence-corrected chi connectivity index (χ3v) is 5.42. The Kier molecular flexibility index (Phi) is 6.45. The molecule has 154 valence electrons. The van der Waals surface area contributed by atoms with Gasteiger partial charge in [-0.15, -0.1) is 0 Å². The van der Waals surface area contributed by atoms with Gasteiger partial charge < -0.3 is 21.5 Å². The summed E-state index contributed by atoms with van der Waals surface area (Å²) >= 11 is 0.782. The lowest BCUT2D eigenvalue weighted by molar-refractivity contribution is -0.120. The van der Waals surface area contributed by atoms with Crippen molar-refractivity contribution in [2.45, 2.75) is 25.9 Å². The minimum atomic E-state index is -0.811. The molecular formula is C19H23N5O4S. The minimum Gasteiger partial charge on any atom is -0.395 e. The number of carbonyl (C=O) groups excluding carboxylic acids is 3. The van der Waals surface area contributed by atoms with Gasteiger partial charge in [-0.05, 0) is 49.0 Å². The van der Waals surface area contributed by atoms with E-state index in [4.69, 9.17) is 16.2 Å². The van der Waals surface area contributed by atoms with Gasteiger partial charge in [-0.2, -0.15) is 4.37 Å². The summed E-state index contributed by atoms with van der Waals surface area (Å²) in [4.78, 5) is 38.5. The van der Waals surface area contributed by atoms with E-state index in [1.165, 1.54) is 4.90 Å². The number of benzene rings is 1. The normalized spacial score (nSPS) is 15.8. The van der Waals surface area contributed by atoms with E-state index in [9.17, 15) is 14.4 Å². The first-order chi connectivity index (χ1) is 13.9. The van der Waals surface area contributed by atoms with Crippen molar-refractivity contribution >= 4 is 40.6 Å². The van der Waals surface area contributed by atoms with E-state index in [1.54, 1.807) is 18.2 Å². The molecule has 3 rings (SSSR count). The smallest absolute Gasteiger partial charge is 0.272 e. The molecule has 1 aliphatic rings. The predicted octanol–water partition coefficient (Wildman–Crippen LogP) is 1.07. The minimum absolute atomic E-state index is 0.00247. The number of ether oxygens (including phenoxy) is 1. The van der Waals surface area contributed by atoms with Crippen molar-refractivity contribution in [3.05, 3.63) is 40.4 Å². The molecule has 9 nitrogen and oxygen atoms in total. The van der Waals surface area contributed by atoms with Crippen molar-refractivity contribution in [1.29, 1.82) is 0 Å². The van der Waals surface area contributed by atoms with E-state index in [2.05, 4.69) is 9.69 Å². The van der Waals surface area contributed by atoms with Crippen LogP contribution in [0, 0.1) is 6.92 Å². The molecule has 2 aromatic rings. The molecule has 1 aromatic heterocycles. The third-order valence-electron chi connectivity index (χ3n) is 4.57. The summed E-state index contributed by atoms with van der Waals surface area (Å²) in [5, 5.41) is 2.81. The maximum Gasteiger partial charge on any atom is 0.272 e. The van der Waals surface area contributed by atoms with E-state index in [0.717, 1.165) is 29.9 Å². The van der Waals surface area contributed by atoms with Crippen molar-refractivity contribution in [3.8, 4) is 0 Å². The maximum atomic E-state index is 13.2. The number of anilines is 2. The van der Waals surface area contributed by atoms with E-state index < -0.39 is 11.8 Å². The Morgan fingerprint density at radius 1 is 1.38 bits per heavy atom. The average molecular weight is 417 g/mol. The number of rotatable bonds is 7. The lowest BCUT2D eigenvalue weighted by Gasteiger charge is -2.23. The van der Waals surface area contributed by atoms with Crippen molar-refractivity contribution in [2.75, 3.05) is 30.3 Å². The summed E-state index contributed by atoms with van der Waals surface area (Å²) in [6.07, 6.45) is 1.87. The number of aromatic nitrogens is 1. The zero-order chi connectivity index (χ0) is 21.0. The highest BCUT2D eigenvalue weighted by Crippen LogP contribution is 2.26. The summed E-state index contributed by atoms with van der Waals surface area (Å²) in [5.74, 6) is -1.66. The van der Waals surface area contributed by atoms with Crippen LogP contribution in [0.5, 0.6) is 0 Å². The molecule has 0 saturated carbocycles. The van der Waals surface area contributed by atoms with Crippen LogP contribution >= 0.6 is 11.5 Å². The van der Waals surface area contributed by atoms with Gasteiger partial charge in [0.15, 0.2) is 5.69 Å². The Morgan fingerprint density at radius 3 is 2.79 bits per heavy atom. The number of hydrogen-bond acceptors (Lipinski definition) is 7. The van der Waals surface area contributed by atoms with Crippen molar-refractivity contribution in [3.63, 3.8) is 0 Å². The number of amides is 3. The second-order valence-electron chi connectivity index (χ2n) is 6.81. The SMILES string of the molecule is Cc1cccc(N(CC(=O)NCC2CCCO2)C(=O)c2snc(C(N)=O)c2N)c1. The van der Waals surface area contributed by atoms with Gasteiger partial charge in [0.05, 0.1) is 11.8 Å². The first-order valence-corrected chi connectivity index (χ1v) is 9.96. The molecule has 29 heavy (non-hydrogen) atoms. The Morgan fingerprint density at radius 2 is 2.17 bits per heavy atom. The molecule has 1 atom stereocenters. The highest BCUT2D eigenvalue weighted by atomic mass is 32.1. The standard InChI is InChI=1S/C19H23N5O4S/c1-11-4-2-5-12(8-11)24(10-14(25)22-9-13-6-3-7-28-13)19(27)17-15(20)16(18(21)26)23-29-17/h2,4-5,8,13H,3,6-7,9-10,20H2,1H3,(H2,21,26)(H,22,25). The van der Waals surface area contributed by atoms with Crippen LogP contribution < -0.4 is 21.7 Å². The number of carbonyl (C=O) groups is 3. The summed E-state index contributed by atoms with van der Waals surface area (Å²) in [6.45, 7) is 2.76. The number of primary amides is 1. The van der Waals surface area contributed by atoms with Crippen molar-refractivity contribution in [2.24, 2.45) is 5.73 Å². The van der Waals surface area contributed by atoms with E-state index in [-0.39, 0.29) is 34.8 Å². The van der Waals surface area contributed by atoms with Gasteiger partial charge in [0.25, 0.3) is 11.8 Å². The van der Waals surface area contributed by atoms with Gasteiger partial charge in [0.2, 0.25) is 5.91 Å². The zero-order valence-electron chi connectivity index (χ0n) is 16.0. The van der Waals surface area contributed by atoms with Crippen LogP contribution in [0.1, 0.15) is 38.6 Å². The van der Waals surface area contributed by atoms with Crippen LogP contribution in [0.15, 0.2) is 24.3 Å². The first-order valence-electron chi connectivity index (χ1n) is 9.18. The predicted molar refractivity (Wildman–Crippen MR) is 110 cm³/mol. The molecule has 3 amide bonds. The van der Waals surface area contributed by atoms with Crippen LogP contribution in [0.3, 0.4) is 0 Å². The number of aryl methyl sites for hydroxylation is 1. The summed E-state index contributed by atoms with van der Waals surface area (Å²) in [7, 11) is 0. The molecule has 5 N–H and O–H groups in total. The Labute approximate surface area is 172 Å². The Bertz CT molecular complexity index is 923. The molecule has 0 aliphatic carbocycles. The lowest BCUT2D eigenvalue weighted by atomic mass is 10.2. The molecule has 1 fully saturated rings. The Hall–Kier alpha value is -2.98. The summed E-state index contributed by atoms with van der Waals surface area (Å²) < 4.78 is 9.38. The van der Waals surface area contributed by atoms with Crippen LogP contribution in [0.4, 0.5) is 11.4 Å². The highest BCUT2D eigenvalue weighted by molar-refractivity contribution is 7.09. The van der Waals surface area contributed by atoms with Crippen LogP contribution in [0.2, 0.25) is 0 Å². The molecule has 1 aromatic carbocycles. The monoisotopic (exact) mass is 417 g/mol. The average Bonchev–Trinajstić information content (AvgIpc) is 3.33. The summed E-state index contributed by atoms with van der Waals surface area (Å²) in [5.41, 5.74) is 12.4. The number of hydrogen-bond donors (Lipinski definition) is 3.